The second-order valence-corrected chi connectivity index (χ2v) is 6.21. The van der Waals surface area contributed by atoms with E-state index in [1.165, 1.54) is 11.1 Å². The minimum Gasteiger partial charge on any atom is -0.369 e. The highest BCUT2D eigenvalue weighted by Gasteiger charge is 2.30. The van der Waals surface area contributed by atoms with Gasteiger partial charge in [-0.25, -0.2) is 0 Å². The predicted octanol–water partition coefficient (Wildman–Crippen LogP) is 2.93. The van der Waals surface area contributed by atoms with E-state index >= 15 is 0 Å². The maximum Gasteiger partial charge on any atom is 0.252 e. The third-order valence-corrected chi connectivity index (χ3v) is 4.51. The molecule has 2 atom stereocenters. The van der Waals surface area contributed by atoms with Crippen molar-refractivity contribution in [1.82, 2.24) is 10.2 Å². The van der Waals surface area contributed by atoms with Gasteiger partial charge in [0.2, 0.25) is 0 Å². The molecule has 0 aliphatic carbocycles. The summed E-state index contributed by atoms with van der Waals surface area (Å²) in [5, 5.41) is 3.40. The summed E-state index contributed by atoms with van der Waals surface area (Å²) in [6.07, 6.45) is 2.76. The first kappa shape index (κ1) is 18.0. The number of hydrogen-bond acceptors (Lipinski definition) is 3. The first-order valence-electron chi connectivity index (χ1n) is 8.89. The zero-order valence-corrected chi connectivity index (χ0v) is 14.7. The lowest BCUT2D eigenvalue weighted by atomic mass is 10.0. The van der Waals surface area contributed by atoms with Gasteiger partial charge in [0, 0.05) is 26.2 Å². The number of carbonyl (C=O) groups is 1. The fraction of sp³-hybridized carbons (Fsp3) is 0.632. The van der Waals surface area contributed by atoms with Gasteiger partial charge in [-0.1, -0.05) is 44.5 Å². The lowest BCUT2D eigenvalue weighted by Gasteiger charge is -2.38. The van der Waals surface area contributed by atoms with Gasteiger partial charge in [-0.05, 0) is 30.9 Å². The highest BCUT2D eigenvalue weighted by atomic mass is 16.5. The first-order valence-corrected chi connectivity index (χ1v) is 8.89. The van der Waals surface area contributed by atoms with E-state index in [2.05, 4.69) is 43.4 Å². The summed E-state index contributed by atoms with van der Waals surface area (Å²) in [7, 11) is 0. The van der Waals surface area contributed by atoms with Crippen molar-refractivity contribution in [2.45, 2.75) is 52.2 Å². The molecule has 0 radical (unpaired) electrons. The van der Waals surface area contributed by atoms with E-state index in [0.717, 1.165) is 38.9 Å². The number of ether oxygens (including phenoxy) is 1. The standard InChI is InChI=1S/C19H30N2O2/c1-4-6-13-23-15(3)19(22)21-12-11-20-14-18(21)17-9-7-16(5-2)8-10-17/h7-10,15,18,20H,4-6,11-14H2,1-3H3. The van der Waals surface area contributed by atoms with Crippen molar-refractivity contribution in [3.8, 4) is 0 Å². The molecule has 0 saturated carbocycles. The van der Waals surface area contributed by atoms with E-state index in [1.54, 1.807) is 0 Å². The summed E-state index contributed by atoms with van der Waals surface area (Å²) in [4.78, 5) is 14.8. The zero-order chi connectivity index (χ0) is 16.7. The SMILES string of the molecule is CCCCOC(C)C(=O)N1CCNCC1c1ccc(CC)cc1. The molecule has 1 N–H and O–H groups in total. The van der Waals surface area contributed by atoms with Crippen LogP contribution in [0, 0.1) is 0 Å². The van der Waals surface area contributed by atoms with Crippen molar-refractivity contribution in [3.05, 3.63) is 35.4 Å². The number of amides is 1. The Kier molecular flexibility index (Phi) is 7.06. The Balaban J connectivity index is 2.06. The molecule has 0 spiro atoms. The lowest BCUT2D eigenvalue weighted by Crippen LogP contribution is -2.51. The van der Waals surface area contributed by atoms with E-state index in [0.29, 0.717) is 6.61 Å². The molecular formula is C19H30N2O2. The number of benzene rings is 1. The molecule has 4 heteroatoms. The average molecular weight is 318 g/mol. The summed E-state index contributed by atoms with van der Waals surface area (Å²) < 4.78 is 5.71. The number of carbonyl (C=O) groups excluding carboxylic acids is 1. The van der Waals surface area contributed by atoms with Crippen LogP contribution in [0.1, 0.15) is 50.8 Å². The van der Waals surface area contributed by atoms with Gasteiger partial charge in [0.15, 0.2) is 0 Å². The van der Waals surface area contributed by atoms with Crippen LogP contribution in [0.4, 0.5) is 0 Å². The van der Waals surface area contributed by atoms with Crippen LogP contribution in [-0.2, 0) is 16.0 Å². The first-order chi connectivity index (χ1) is 11.2. The molecule has 1 aromatic carbocycles. The topological polar surface area (TPSA) is 41.6 Å². The highest BCUT2D eigenvalue weighted by molar-refractivity contribution is 5.81. The summed E-state index contributed by atoms with van der Waals surface area (Å²) in [6.45, 7) is 9.20. The molecule has 1 fully saturated rings. The Morgan fingerprint density at radius 2 is 2.09 bits per heavy atom. The summed E-state index contributed by atoms with van der Waals surface area (Å²) in [6, 6.07) is 8.72. The van der Waals surface area contributed by atoms with Crippen molar-refractivity contribution >= 4 is 5.91 Å². The van der Waals surface area contributed by atoms with Crippen molar-refractivity contribution in [2.24, 2.45) is 0 Å². The van der Waals surface area contributed by atoms with Crippen LogP contribution in [0.3, 0.4) is 0 Å². The maximum absolute atomic E-state index is 12.8. The smallest absolute Gasteiger partial charge is 0.252 e. The Morgan fingerprint density at radius 3 is 2.74 bits per heavy atom. The molecule has 0 bridgehead atoms. The molecule has 23 heavy (non-hydrogen) atoms. The highest BCUT2D eigenvalue weighted by Crippen LogP contribution is 2.24. The molecule has 1 aliphatic rings. The molecule has 0 aromatic heterocycles. The van der Waals surface area contributed by atoms with Gasteiger partial charge >= 0.3 is 0 Å². The molecule has 1 aromatic rings. The molecule has 1 heterocycles. The lowest BCUT2D eigenvalue weighted by molar-refractivity contribution is -0.146. The van der Waals surface area contributed by atoms with E-state index in [4.69, 9.17) is 4.74 Å². The fourth-order valence-electron chi connectivity index (χ4n) is 2.95. The number of unbranched alkanes of at least 4 members (excludes halogenated alkanes) is 1. The Bertz CT molecular complexity index is 487. The molecule has 2 rings (SSSR count). The Labute approximate surface area is 140 Å². The van der Waals surface area contributed by atoms with Gasteiger partial charge in [-0.15, -0.1) is 0 Å². The molecule has 1 amide bonds. The number of nitrogens with one attached hydrogen (secondary N) is 1. The van der Waals surface area contributed by atoms with Crippen LogP contribution < -0.4 is 5.32 Å². The molecule has 128 valence electrons. The van der Waals surface area contributed by atoms with Crippen LogP contribution in [0.15, 0.2) is 24.3 Å². The van der Waals surface area contributed by atoms with Gasteiger partial charge in [0.25, 0.3) is 5.91 Å². The van der Waals surface area contributed by atoms with Gasteiger partial charge in [-0.2, -0.15) is 0 Å². The second kappa shape index (κ2) is 9.04. The number of nitrogens with zero attached hydrogens (tertiary/aromatic N) is 1. The van der Waals surface area contributed by atoms with Gasteiger partial charge in [-0.3, -0.25) is 4.79 Å². The summed E-state index contributed by atoms with van der Waals surface area (Å²) >= 11 is 0. The Morgan fingerprint density at radius 1 is 1.35 bits per heavy atom. The number of aryl methyl sites for hydroxylation is 1. The van der Waals surface area contributed by atoms with Gasteiger partial charge in [0.1, 0.15) is 6.10 Å². The minimum absolute atomic E-state index is 0.0966. The average Bonchev–Trinajstić information content (AvgIpc) is 2.61. The molecule has 2 unspecified atom stereocenters. The molecule has 4 nitrogen and oxygen atoms in total. The normalized spacial score (nSPS) is 19.6. The van der Waals surface area contributed by atoms with E-state index < -0.39 is 0 Å². The Hall–Kier alpha value is -1.39. The van der Waals surface area contributed by atoms with Crippen LogP contribution in [0.25, 0.3) is 0 Å². The van der Waals surface area contributed by atoms with Crippen LogP contribution in [0.5, 0.6) is 0 Å². The van der Waals surface area contributed by atoms with E-state index in [1.807, 2.05) is 11.8 Å². The van der Waals surface area contributed by atoms with E-state index in [9.17, 15) is 4.79 Å². The van der Waals surface area contributed by atoms with Crippen LogP contribution in [-0.4, -0.2) is 43.2 Å². The van der Waals surface area contributed by atoms with E-state index in [-0.39, 0.29) is 18.1 Å². The van der Waals surface area contributed by atoms with Crippen molar-refractivity contribution < 1.29 is 9.53 Å². The fourth-order valence-corrected chi connectivity index (χ4v) is 2.95. The predicted molar refractivity (Wildman–Crippen MR) is 93.5 cm³/mol. The summed E-state index contributed by atoms with van der Waals surface area (Å²) in [5.74, 6) is 0.104. The monoisotopic (exact) mass is 318 g/mol. The molecule has 1 saturated heterocycles. The number of rotatable bonds is 7. The number of piperazine rings is 1. The number of hydrogen-bond donors (Lipinski definition) is 1. The van der Waals surface area contributed by atoms with Crippen molar-refractivity contribution in [1.29, 1.82) is 0 Å². The molecular weight excluding hydrogens is 288 g/mol. The quantitative estimate of drug-likeness (QED) is 0.786. The van der Waals surface area contributed by atoms with Crippen LogP contribution in [0.2, 0.25) is 0 Å². The third kappa shape index (κ3) is 4.79. The second-order valence-electron chi connectivity index (χ2n) is 6.21. The van der Waals surface area contributed by atoms with Crippen LogP contribution >= 0.6 is 0 Å². The molecule has 1 aliphatic heterocycles. The zero-order valence-electron chi connectivity index (χ0n) is 14.7. The van der Waals surface area contributed by atoms with Crippen molar-refractivity contribution in [3.63, 3.8) is 0 Å². The van der Waals surface area contributed by atoms with Crippen molar-refractivity contribution in [2.75, 3.05) is 26.2 Å². The van der Waals surface area contributed by atoms with Gasteiger partial charge < -0.3 is 15.0 Å². The van der Waals surface area contributed by atoms with Gasteiger partial charge in [0.05, 0.1) is 6.04 Å². The third-order valence-electron chi connectivity index (χ3n) is 4.51. The minimum atomic E-state index is -0.364. The maximum atomic E-state index is 12.8. The summed E-state index contributed by atoms with van der Waals surface area (Å²) in [5.41, 5.74) is 2.52. The largest absolute Gasteiger partial charge is 0.369 e.